The number of hydrogen-bond acceptors (Lipinski definition) is 5. The van der Waals surface area contributed by atoms with E-state index in [4.69, 9.17) is 5.73 Å². The van der Waals surface area contributed by atoms with Crippen LogP contribution in [0.15, 0.2) is 32.8 Å². The minimum Gasteiger partial charge on any atom is -0.350 e. The first-order chi connectivity index (χ1) is 8.13. The van der Waals surface area contributed by atoms with Crippen molar-refractivity contribution in [1.29, 1.82) is 0 Å². The zero-order valence-electron chi connectivity index (χ0n) is 8.48. The average Bonchev–Trinajstić information content (AvgIpc) is 2.80. The van der Waals surface area contributed by atoms with Crippen molar-refractivity contribution in [1.82, 2.24) is 4.98 Å². The second-order valence-electron chi connectivity index (χ2n) is 3.59. The molecule has 3 rings (SSSR count). The summed E-state index contributed by atoms with van der Waals surface area (Å²) >= 11 is 6.74. The topological polar surface area (TPSA) is 75.7 Å². The summed E-state index contributed by atoms with van der Waals surface area (Å²) in [6.45, 7) is 0. The van der Waals surface area contributed by atoms with Gasteiger partial charge in [0.2, 0.25) is 0 Å². The predicted molar refractivity (Wildman–Crippen MR) is 73.4 cm³/mol. The Morgan fingerprint density at radius 1 is 1.35 bits per heavy atom. The SMILES string of the molecule is NC1N=c2cn/c(=C3\C=C(Br)C(Br)=N3)cc2N1. The number of aromatic nitrogens is 1. The highest BCUT2D eigenvalue weighted by Gasteiger charge is 2.13. The lowest BCUT2D eigenvalue weighted by Crippen LogP contribution is -2.23. The third kappa shape index (κ3) is 1.94. The van der Waals surface area contributed by atoms with Gasteiger partial charge in [-0.1, -0.05) is 0 Å². The molecule has 0 amide bonds. The van der Waals surface area contributed by atoms with E-state index in [1.54, 1.807) is 6.20 Å². The fourth-order valence-electron chi connectivity index (χ4n) is 1.65. The van der Waals surface area contributed by atoms with Crippen LogP contribution >= 0.6 is 31.9 Å². The number of anilines is 1. The molecule has 1 atom stereocenters. The van der Waals surface area contributed by atoms with Gasteiger partial charge < -0.3 is 5.32 Å². The number of pyridine rings is 1. The number of nitrogens with zero attached hydrogens (tertiary/aromatic N) is 3. The van der Waals surface area contributed by atoms with Gasteiger partial charge in [-0.3, -0.25) is 10.7 Å². The highest BCUT2D eigenvalue weighted by Crippen LogP contribution is 2.24. The lowest BCUT2D eigenvalue weighted by atomic mass is 10.3. The molecule has 2 aliphatic rings. The van der Waals surface area contributed by atoms with Crippen molar-refractivity contribution >= 4 is 47.9 Å². The van der Waals surface area contributed by atoms with Crippen molar-refractivity contribution in [2.45, 2.75) is 6.29 Å². The van der Waals surface area contributed by atoms with Crippen molar-refractivity contribution in [3.05, 3.63) is 33.5 Å². The summed E-state index contributed by atoms with van der Waals surface area (Å²) in [5.74, 6) is 0. The molecule has 0 radical (unpaired) electrons. The number of allylic oxidation sites excluding steroid dienone is 1. The monoisotopic (exact) mass is 355 g/mol. The molecule has 86 valence electrons. The molecule has 1 aromatic rings. The van der Waals surface area contributed by atoms with Gasteiger partial charge in [0.1, 0.15) is 9.98 Å². The van der Waals surface area contributed by atoms with Gasteiger partial charge in [-0.15, -0.1) is 0 Å². The predicted octanol–water partition coefficient (Wildman–Crippen LogP) is 0.563. The van der Waals surface area contributed by atoms with Gasteiger partial charge >= 0.3 is 0 Å². The van der Waals surface area contributed by atoms with Crippen LogP contribution in [0.5, 0.6) is 0 Å². The normalized spacial score (nSPS) is 24.8. The number of nitrogens with two attached hydrogens (primary N) is 1. The molecule has 0 bridgehead atoms. The van der Waals surface area contributed by atoms with Crippen LogP contribution < -0.4 is 21.8 Å². The van der Waals surface area contributed by atoms with E-state index in [1.165, 1.54) is 0 Å². The maximum absolute atomic E-state index is 5.67. The zero-order valence-corrected chi connectivity index (χ0v) is 11.7. The van der Waals surface area contributed by atoms with Gasteiger partial charge in [0.15, 0.2) is 6.29 Å². The second-order valence-corrected chi connectivity index (χ2v) is 5.19. The summed E-state index contributed by atoms with van der Waals surface area (Å²) in [7, 11) is 0. The van der Waals surface area contributed by atoms with Gasteiger partial charge in [0.05, 0.1) is 27.4 Å². The van der Waals surface area contributed by atoms with E-state index in [9.17, 15) is 0 Å². The summed E-state index contributed by atoms with van der Waals surface area (Å²) < 4.78 is 1.67. The molecule has 5 nitrogen and oxygen atoms in total. The number of rotatable bonds is 0. The number of halogens is 2. The summed E-state index contributed by atoms with van der Waals surface area (Å²) in [4.78, 5) is 12.8. The first kappa shape index (κ1) is 11.1. The Bertz CT molecular complexity index is 656. The number of fused-ring (bicyclic) bond motifs is 1. The molecule has 2 aliphatic heterocycles. The smallest absolute Gasteiger partial charge is 0.172 e. The minimum atomic E-state index is -0.381. The summed E-state index contributed by atoms with van der Waals surface area (Å²) in [5, 5.41) is 4.62. The van der Waals surface area contributed by atoms with E-state index in [1.807, 2.05) is 12.1 Å². The highest BCUT2D eigenvalue weighted by atomic mass is 79.9. The maximum Gasteiger partial charge on any atom is 0.172 e. The molecule has 3 N–H and O–H groups in total. The Morgan fingerprint density at radius 3 is 2.88 bits per heavy atom. The Balaban J connectivity index is 2.19. The first-order valence-electron chi connectivity index (χ1n) is 4.85. The Morgan fingerprint density at radius 2 is 2.18 bits per heavy atom. The van der Waals surface area contributed by atoms with Crippen molar-refractivity contribution < 1.29 is 0 Å². The molecule has 7 heteroatoms. The van der Waals surface area contributed by atoms with Crippen molar-refractivity contribution in [3.63, 3.8) is 0 Å². The van der Waals surface area contributed by atoms with E-state index in [2.05, 4.69) is 52.1 Å². The van der Waals surface area contributed by atoms with Crippen LogP contribution in [-0.4, -0.2) is 15.9 Å². The van der Waals surface area contributed by atoms with Gasteiger partial charge in [-0.05, 0) is 44.0 Å². The Labute approximate surface area is 114 Å². The third-order valence-corrected chi connectivity index (χ3v) is 4.15. The molecule has 17 heavy (non-hydrogen) atoms. The van der Waals surface area contributed by atoms with Crippen LogP contribution in [0.4, 0.5) is 5.69 Å². The minimum absolute atomic E-state index is 0.381. The molecule has 3 heterocycles. The molecule has 0 saturated heterocycles. The van der Waals surface area contributed by atoms with Crippen LogP contribution in [0.3, 0.4) is 0 Å². The largest absolute Gasteiger partial charge is 0.350 e. The van der Waals surface area contributed by atoms with Gasteiger partial charge in [0.25, 0.3) is 0 Å². The van der Waals surface area contributed by atoms with Gasteiger partial charge in [-0.2, -0.15) is 0 Å². The molecule has 0 fully saturated rings. The van der Waals surface area contributed by atoms with Crippen LogP contribution in [0.25, 0.3) is 5.70 Å². The average molecular weight is 357 g/mol. The lowest BCUT2D eigenvalue weighted by Gasteiger charge is -2.00. The fourth-order valence-corrected chi connectivity index (χ4v) is 2.26. The Hall–Kier alpha value is -1.05. The van der Waals surface area contributed by atoms with E-state index < -0.39 is 0 Å². The number of hydrogen-bond donors (Lipinski definition) is 2. The summed E-state index contributed by atoms with van der Waals surface area (Å²) in [6.07, 6.45) is 3.22. The van der Waals surface area contributed by atoms with E-state index in [0.717, 1.165) is 31.2 Å². The fraction of sp³-hybridized carbons (Fsp3) is 0.100. The molecule has 0 aromatic carbocycles. The molecule has 1 unspecified atom stereocenters. The van der Waals surface area contributed by atoms with Crippen molar-refractivity contribution in [3.8, 4) is 0 Å². The Kier molecular flexibility index (Phi) is 2.61. The lowest BCUT2D eigenvalue weighted by molar-refractivity contribution is 0.818. The van der Waals surface area contributed by atoms with Crippen LogP contribution in [0.1, 0.15) is 0 Å². The number of aliphatic imine (C=N–C) groups is 1. The zero-order chi connectivity index (χ0) is 12.0. The molecular weight excluding hydrogens is 350 g/mol. The molecule has 1 aromatic heterocycles. The summed E-state index contributed by atoms with van der Waals surface area (Å²) in [5.41, 5.74) is 7.35. The van der Waals surface area contributed by atoms with Gasteiger partial charge in [-0.25, -0.2) is 9.98 Å². The molecule has 0 spiro atoms. The van der Waals surface area contributed by atoms with E-state index >= 15 is 0 Å². The quantitative estimate of drug-likeness (QED) is 0.713. The van der Waals surface area contributed by atoms with Crippen LogP contribution in [0, 0.1) is 0 Å². The third-order valence-electron chi connectivity index (χ3n) is 2.41. The highest BCUT2D eigenvalue weighted by molar-refractivity contribution is 9.21. The molecule has 0 aliphatic carbocycles. The van der Waals surface area contributed by atoms with Crippen molar-refractivity contribution in [2.24, 2.45) is 15.7 Å². The van der Waals surface area contributed by atoms with E-state index in [0.29, 0.717) is 0 Å². The maximum atomic E-state index is 5.67. The molecule has 0 saturated carbocycles. The summed E-state index contributed by atoms with van der Waals surface area (Å²) in [6, 6.07) is 1.90. The van der Waals surface area contributed by atoms with Crippen LogP contribution in [-0.2, 0) is 0 Å². The number of nitrogens with one attached hydrogen (secondary N) is 1. The second kappa shape index (κ2) is 4.01. The van der Waals surface area contributed by atoms with Gasteiger partial charge in [0, 0.05) is 0 Å². The van der Waals surface area contributed by atoms with E-state index in [-0.39, 0.29) is 6.29 Å². The standard InChI is InChI=1S/C10H7Br2N5/c11-4-1-6(15-9(4)12)5-2-7-8(3-14-5)17-10(13)16-7/h1-3,10,16H,13H2/b6-5+. The van der Waals surface area contributed by atoms with Crippen molar-refractivity contribution in [2.75, 3.05) is 5.32 Å². The molecular formula is C10H7Br2N5. The first-order valence-corrected chi connectivity index (χ1v) is 6.44. The van der Waals surface area contributed by atoms with Crippen LogP contribution in [0.2, 0.25) is 0 Å².